The van der Waals surface area contributed by atoms with Crippen LogP contribution >= 0.6 is 0 Å². The number of nitrogens with zero attached hydrogens (tertiary/aromatic N) is 4. The molecule has 0 amide bonds. The van der Waals surface area contributed by atoms with E-state index >= 15 is 0 Å². The lowest BCUT2D eigenvalue weighted by Gasteiger charge is -2.26. The molecule has 0 aliphatic rings. The Hall–Kier alpha value is -2.88. The zero-order valence-corrected chi connectivity index (χ0v) is 15.5. The monoisotopic (exact) mass is 346 g/mol. The summed E-state index contributed by atoms with van der Waals surface area (Å²) < 4.78 is 0. The highest BCUT2D eigenvalue weighted by Crippen LogP contribution is 2.21. The smallest absolute Gasteiger partial charge is 0.134 e. The number of aromatic nitrogens is 2. The van der Waals surface area contributed by atoms with E-state index in [9.17, 15) is 0 Å². The van der Waals surface area contributed by atoms with Crippen molar-refractivity contribution in [2.45, 2.75) is 26.9 Å². The summed E-state index contributed by atoms with van der Waals surface area (Å²) in [6.07, 6.45) is 1.67. The van der Waals surface area contributed by atoms with E-state index in [0.717, 1.165) is 37.8 Å². The van der Waals surface area contributed by atoms with Gasteiger partial charge in [-0.1, -0.05) is 60.7 Å². The number of benzene rings is 2. The van der Waals surface area contributed by atoms with Crippen molar-refractivity contribution in [3.05, 3.63) is 84.2 Å². The molecule has 0 saturated heterocycles. The van der Waals surface area contributed by atoms with Crippen LogP contribution < -0.4 is 9.80 Å². The number of hydrogen-bond acceptors (Lipinski definition) is 4. The Morgan fingerprint density at radius 1 is 0.654 bits per heavy atom. The Morgan fingerprint density at radius 2 is 1.08 bits per heavy atom. The van der Waals surface area contributed by atoms with Gasteiger partial charge >= 0.3 is 0 Å². The second-order valence-electron chi connectivity index (χ2n) is 6.23. The number of anilines is 2. The van der Waals surface area contributed by atoms with Gasteiger partial charge < -0.3 is 9.80 Å². The quantitative estimate of drug-likeness (QED) is 0.600. The molecule has 1 aromatic heterocycles. The van der Waals surface area contributed by atoms with Crippen LogP contribution in [-0.4, -0.2) is 23.1 Å². The molecule has 4 nitrogen and oxygen atoms in total. The predicted molar refractivity (Wildman–Crippen MR) is 108 cm³/mol. The van der Waals surface area contributed by atoms with Crippen molar-refractivity contribution in [2.24, 2.45) is 0 Å². The molecular weight excluding hydrogens is 320 g/mol. The van der Waals surface area contributed by atoms with E-state index < -0.39 is 0 Å². The lowest BCUT2D eigenvalue weighted by atomic mass is 10.2. The van der Waals surface area contributed by atoms with Crippen LogP contribution in [0.3, 0.4) is 0 Å². The van der Waals surface area contributed by atoms with Gasteiger partial charge in [0, 0.05) is 32.2 Å². The largest absolute Gasteiger partial charge is 0.352 e. The Balaban J connectivity index is 1.79. The van der Waals surface area contributed by atoms with Crippen molar-refractivity contribution in [1.82, 2.24) is 9.97 Å². The third-order valence-corrected chi connectivity index (χ3v) is 4.48. The minimum absolute atomic E-state index is 0.846. The van der Waals surface area contributed by atoms with Crippen LogP contribution in [0.15, 0.2) is 73.1 Å². The van der Waals surface area contributed by atoms with Crippen molar-refractivity contribution >= 4 is 11.6 Å². The van der Waals surface area contributed by atoms with E-state index in [0.29, 0.717) is 0 Å². The minimum atomic E-state index is 0.846. The molecule has 0 unspecified atom stereocenters. The molecule has 3 aromatic rings. The molecule has 3 rings (SSSR count). The van der Waals surface area contributed by atoms with Gasteiger partial charge in [-0.05, 0) is 25.0 Å². The summed E-state index contributed by atoms with van der Waals surface area (Å²) in [6.45, 7) is 7.81. The van der Waals surface area contributed by atoms with Gasteiger partial charge in [-0.2, -0.15) is 0 Å². The van der Waals surface area contributed by atoms with Crippen molar-refractivity contribution in [3.8, 4) is 0 Å². The van der Waals surface area contributed by atoms with Gasteiger partial charge in [0.1, 0.15) is 18.0 Å². The summed E-state index contributed by atoms with van der Waals surface area (Å²) in [7, 11) is 0. The zero-order valence-electron chi connectivity index (χ0n) is 15.5. The van der Waals surface area contributed by atoms with Crippen LogP contribution in [0.1, 0.15) is 25.0 Å². The first-order valence-corrected chi connectivity index (χ1v) is 9.20. The van der Waals surface area contributed by atoms with Crippen molar-refractivity contribution in [3.63, 3.8) is 0 Å². The maximum absolute atomic E-state index is 4.52. The fourth-order valence-corrected chi connectivity index (χ4v) is 3.00. The van der Waals surface area contributed by atoms with Gasteiger partial charge in [0.05, 0.1) is 0 Å². The molecule has 134 valence electrons. The molecule has 0 radical (unpaired) electrons. The van der Waals surface area contributed by atoms with Gasteiger partial charge in [0.15, 0.2) is 0 Å². The maximum atomic E-state index is 4.52. The average Bonchev–Trinajstić information content (AvgIpc) is 2.72. The first kappa shape index (κ1) is 17.9. The van der Waals surface area contributed by atoms with Gasteiger partial charge in [0.2, 0.25) is 0 Å². The van der Waals surface area contributed by atoms with Crippen LogP contribution in [0.2, 0.25) is 0 Å². The molecule has 1 heterocycles. The second-order valence-corrected chi connectivity index (χ2v) is 6.23. The van der Waals surface area contributed by atoms with E-state index in [1.807, 2.05) is 12.1 Å². The lowest BCUT2D eigenvalue weighted by molar-refractivity contribution is 0.788. The first-order valence-electron chi connectivity index (χ1n) is 9.20. The van der Waals surface area contributed by atoms with E-state index in [1.54, 1.807) is 6.33 Å². The fourth-order valence-electron chi connectivity index (χ4n) is 3.00. The Kier molecular flexibility index (Phi) is 6.20. The predicted octanol–water partition coefficient (Wildman–Crippen LogP) is 4.53. The van der Waals surface area contributed by atoms with Crippen molar-refractivity contribution in [1.29, 1.82) is 0 Å². The van der Waals surface area contributed by atoms with E-state index in [4.69, 9.17) is 0 Å². The summed E-state index contributed by atoms with van der Waals surface area (Å²) in [6, 6.07) is 23.1. The van der Waals surface area contributed by atoms with Crippen LogP contribution in [-0.2, 0) is 13.1 Å². The first-order chi connectivity index (χ1) is 12.8. The third kappa shape index (κ3) is 4.60. The molecule has 0 fully saturated rings. The molecule has 0 bridgehead atoms. The fraction of sp³-hybridized carbons (Fsp3) is 0.273. The van der Waals surface area contributed by atoms with Crippen molar-refractivity contribution in [2.75, 3.05) is 22.9 Å². The van der Waals surface area contributed by atoms with Crippen LogP contribution in [0.5, 0.6) is 0 Å². The molecule has 0 N–H and O–H groups in total. The van der Waals surface area contributed by atoms with E-state index in [1.165, 1.54) is 11.1 Å². The molecule has 0 aliphatic carbocycles. The highest BCUT2D eigenvalue weighted by Gasteiger charge is 2.12. The lowest BCUT2D eigenvalue weighted by Crippen LogP contribution is -2.26. The van der Waals surface area contributed by atoms with Gasteiger partial charge in [0.25, 0.3) is 0 Å². The van der Waals surface area contributed by atoms with Crippen molar-refractivity contribution < 1.29 is 0 Å². The van der Waals surface area contributed by atoms with Gasteiger partial charge in [-0.15, -0.1) is 0 Å². The highest BCUT2D eigenvalue weighted by atomic mass is 15.2. The molecule has 26 heavy (non-hydrogen) atoms. The van der Waals surface area contributed by atoms with Gasteiger partial charge in [-0.3, -0.25) is 0 Å². The number of rotatable bonds is 8. The normalized spacial score (nSPS) is 10.5. The minimum Gasteiger partial charge on any atom is -0.352 e. The summed E-state index contributed by atoms with van der Waals surface area (Å²) >= 11 is 0. The zero-order chi connectivity index (χ0) is 18.2. The highest BCUT2D eigenvalue weighted by molar-refractivity contribution is 5.50. The molecular formula is C22H26N4. The summed E-state index contributed by atoms with van der Waals surface area (Å²) in [5.74, 6) is 1.93. The molecule has 0 aliphatic heterocycles. The van der Waals surface area contributed by atoms with Crippen LogP contribution in [0.4, 0.5) is 11.6 Å². The standard InChI is InChI=1S/C22H26N4/c1-3-25(16-19-11-7-5-8-12-19)21-15-22(24-18-23-21)26(4-2)17-20-13-9-6-10-14-20/h5-15,18H,3-4,16-17H2,1-2H3. The third-order valence-electron chi connectivity index (χ3n) is 4.48. The van der Waals surface area contributed by atoms with Crippen LogP contribution in [0, 0.1) is 0 Å². The SMILES string of the molecule is CCN(Cc1ccccc1)c1cc(N(CC)Cc2ccccc2)ncn1. The molecule has 4 heteroatoms. The summed E-state index contributed by atoms with van der Waals surface area (Å²) in [4.78, 5) is 13.6. The molecule has 0 saturated carbocycles. The average molecular weight is 346 g/mol. The summed E-state index contributed by atoms with van der Waals surface area (Å²) in [5.41, 5.74) is 2.57. The van der Waals surface area contributed by atoms with E-state index in [-0.39, 0.29) is 0 Å². The van der Waals surface area contributed by atoms with E-state index in [2.05, 4.69) is 88.2 Å². The molecule has 2 aromatic carbocycles. The van der Waals surface area contributed by atoms with Gasteiger partial charge in [-0.25, -0.2) is 9.97 Å². The van der Waals surface area contributed by atoms with Crippen LogP contribution in [0.25, 0.3) is 0 Å². The Morgan fingerprint density at radius 3 is 1.46 bits per heavy atom. The maximum Gasteiger partial charge on any atom is 0.134 e. The molecule has 0 atom stereocenters. The summed E-state index contributed by atoms with van der Waals surface area (Å²) in [5, 5.41) is 0. The Bertz CT molecular complexity index is 725. The topological polar surface area (TPSA) is 32.3 Å². The second kappa shape index (κ2) is 8.99. The Labute approximate surface area is 156 Å². The number of hydrogen-bond donors (Lipinski definition) is 0. The molecule has 0 spiro atoms.